The summed E-state index contributed by atoms with van der Waals surface area (Å²) in [5.74, 6) is 2.12. The molecule has 4 atom stereocenters. The maximum Gasteiger partial charge on any atom is 0.139 e. The van der Waals surface area contributed by atoms with E-state index in [1.54, 1.807) is 0 Å². The van der Waals surface area contributed by atoms with Crippen LogP contribution in [0.2, 0.25) is 0 Å². The fraction of sp³-hybridized carbons (Fsp3) is 0.455. The third kappa shape index (κ3) is 10.7. The molecule has 376 valence electrons. The van der Waals surface area contributed by atoms with Gasteiger partial charge in [0.25, 0.3) is 0 Å². The first-order valence-corrected chi connectivity index (χ1v) is 28.4. The van der Waals surface area contributed by atoms with E-state index in [1.165, 1.54) is 133 Å². The van der Waals surface area contributed by atoms with Gasteiger partial charge in [-0.1, -0.05) is 110 Å². The maximum absolute atomic E-state index is 11.9. The molecule has 0 amide bonds. The maximum atomic E-state index is 11.9. The van der Waals surface area contributed by atoms with Gasteiger partial charge < -0.3 is 30.2 Å². The smallest absolute Gasteiger partial charge is 0.139 e. The van der Waals surface area contributed by atoms with Gasteiger partial charge in [-0.3, -0.25) is 0 Å². The number of rotatable bonds is 7. The van der Waals surface area contributed by atoms with Gasteiger partial charge in [0.05, 0.1) is 5.69 Å². The van der Waals surface area contributed by atoms with Crippen molar-refractivity contribution in [3.05, 3.63) is 184 Å². The van der Waals surface area contributed by atoms with Gasteiger partial charge in [0.15, 0.2) is 0 Å². The average molecular weight is 961 g/mol. The Morgan fingerprint density at radius 2 is 0.944 bits per heavy atom. The number of hydrogen-bond acceptors (Lipinski definition) is 6. The van der Waals surface area contributed by atoms with Crippen molar-refractivity contribution in [2.75, 3.05) is 67.1 Å². The SMILES string of the molecule is Oc1ccc2c(c1)CC[C@H](c1ccccc1)[C@@H]2c1ccc(N2CCCC3(CCCN(c4c(O)ccc5c4CC[C@H](c4ccccc4)[C@@H]5c4ccc(N5CCCCCCNCCCC5)cc4)CCC3)CC2)cc1. The third-order valence-corrected chi connectivity index (χ3v) is 18.2. The Morgan fingerprint density at radius 3 is 1.58 bits per heavy atom. The number of phenolic OH excluding ortho intramolecular Hbond substituents is 2. The monoisotopic (exact) mass is 961 g/mol. The summed E-state index contributed by atoms with van der Waals surface area (Å²) >= 11 is 0. The summed E-state index contributed by atoms with van der Waals surface area (Å²) in [6.45, 7) is 8.77. The minimum absolute atomic E-state index is 0.232. The highest BCUT2D eigenvalue weighted by Crippen LogP contribution is 2.52. The predicted molar refractivity (Wildman–Crippen MR) is 300 cm³/mol. The molecule has 0 aromatic heterocycles. The van der Waals surface area contributed by atoms with Gasteiger partial charge in [0, 0.05) is 62.5 Å². The zero-order valence-electron chi connectivity index (χ0n) is 43.0. The topological polar surface area (TPSA) is 62.2 Å². The van der Waals surface area contributed by atoms with Gasteiger partial charge in [-0.15, -0.1) is 0 Å². The van der Waals surface area contributed by atoms with Crippen LogP contribution in [0, 0.1) is 5.41 Å². The summed E-state index contributed by atoms with van der Waals surface area (Å²) in [5, 5.41) is 25.9. The van der Waals surface area contributed by atoms with Crippen molar-refractivity contribution in [1.29, 1.82) is 0 Å². The second-order valence-electron chi connectivity index (χ2n) is 22.5. The van der Waals surface area contributed by atoms with Crippen molar-refractivity contribution >= 4 is 17.1 Å². The van der Waals surface area contributed by atoms with Gasteiger partial charge in [-0.05, 0) is 214 Å². The first-order valence-electron chi connectivity index (χ1n) is 28.4. The number of benzene rings is 6. The van der Waals surface area contributed by atoms with Gasteiger partial charge in [-0.25, -0.2) is 0 Å². The van der Waals surface area contributed by atoms with E-state index in [0.717, 1.165) is 90.0 Å². The van der Waals surface area contributed by atoms with Crippen molar-refractivity contribution < 1.29 is 10.2 Å². The number of aryl methyl sites for hydroxylation is 1. The molecule has 3 N–H and O–H groups in total. The van der Waals surface area contributed by atoms with Crippen molar-refractivity contribution in [2.45, 2.75) is 133 Å². The van der Waals surface area contributed by atoms with E-state index in [0.29, 0.717) is 28.7 Å². The molecule has 2 aliphatic carbocycles. The average Bonchev–Trinajstić information content (AvgIpc) is 3.63. The van der Waals surface area contributed by atoms with Gasteiger partial charge in [-0.2, -0.15) is 0 Å². The summed E-state index contributed by atoms with van der Waals surface area (Å²) in [6.07, 6.45) is 20.3. The molecule has 11 rings (SSSR count). The van der Waals surface area contributed by atoms with Crippen LogP contribution in [-0.2, 0) is 12.8 Å². The lowest BCUT2D eigenvalue weighted by Crippen LogP contribution is -2.34. The Morgan fingerprint density at radius 1 is 0.431 bits per heavy atom. The normalized spacial score (nSPS) is 23.4. The molecule has 3 aliphatic heterocycles. The van der Waals surface area contributed by atoms with Crippen LogP contribution in [0.3, 0.4) is 0 Å². The van der Waals surface area contributed by atoms with Gasteiger partial charge in [0.1, 0.15) is 11.5 Å². The Bertz CT molecular complexity index is 2660. The summed E-state index contributed by atoms with van der Waals surface area (Å²) in [6, 6.07) is 52.0. The van der Waals surface area contributed by atoms with Crippen molar-refractivity contribution in [3.8, 4) is 11.5 Å². The first-order chi connectivity index (χ1) is 35.5. The summed E-state index contributed by atoms with van der Waals surface area (Å²) in [5.41, 5.74) is 15.2. The van der Waals surface area contributed by atoms with E-state index in [4.69, 9.17) is 0 Å². The van der Waals surface area contributed by atoms with Crippen LogP contribution in [0.15, 0.2) is 140 Å². The summed E-state index contributed by atoms with van der Waals surface area (Å²) in [4.78, 5) is 7.91. The third-order valence-electron chi connectivity index (χ3n) is 18.2. The molecule has 1 spiro atoms. The molecule has 72 heavy (non-hydrogen) atoms. The van der Waals surface area contributed by atoms with Crippen LogP contribution >= 0.6 is 0 Å². The Labute approximate surface area is 431 Å². The van der Waals surface area contributed by atoms with Gasteiger partial charge >= 0.3 is 0 Å². The molecule has 3 fully saturated rings. The van der Waals surface area contributed by atoms with Gasteiger partial charge in [0.2, 0.25) is 0 Å². The number of aromatic hydroxyl groups is 2. The van der Waals surface area contributed by atoms with Crippen LogP contribution < -0.4 is 20.0 Å². The molecule has 0 bridgehead atoms. The minimum atomic E-state index is 0.232. The first kappa shape index (κ1) is 48.5. The van der Waals surface area contributed by atoms with E-state index in [9.17, 15) is 10.2 Å². The molecule has 6 aromatic rings. The number of hydrogen-bond donors (Lipinski definition) is 3. The van der Waals surface area contributed by atoms with E-state index < -0.39 is 0 Å². The standard InChI is InChI=1S/C66H80N4O2/c71-56-29-31-59-53(48-56)24-30-57(49-16-5-3-6-17-49)63(59)51-20-27-55(28-21-51)69-44-13-36-66(39-47-69)37-14-45-70(46-15-38-66)65-61-33-32-58(50-18-7-4-8-19-50)64(60(61)34-35-62(65)72)52-22-25-54(26-23-52)68-42-11-2-1-9-40-67-41-10-12-43-68/h3-8,16-23,25-29,31,34-35,48,57-58,63-64,67,71-72H,1-2,9-15,24,30,32-33,36-47H2/t57-,58-,63+,64+/m1/s1. The van der Waals surface area contributed by atoms with Crippen molar-refractivity contribution in [2.24, 2.45) is 5.41 Å². The predicted octanol–water partition coefficient (Wildman–Crippen LogP) is 14.6. The molecular weight excluding hydrogens is 881 g/mol. The second kappa shape index (κ2) is 22.6. The molecule has 0 saturated carbocycles. The van der Waals surface area contributed by atoms with Crippen molar-refractivity contribution in [1.82, 2.24) is 5.32 Å². The van der Waals surface area contributed by atoms with E-state index in [2.05, 4.69) is 141 Å². The molecule has 6 aromatic carbocycles. The van der Waals surface area contributed by atoms with Crippen molar-refractivity contribution in [3.63, 3.8) is 0 Å². The zero-order valence-corrected chi connectivity index (χ0v) is 43.0. The van der Waals surface area contributed by atoms with Crippen LogP contribution in [0.1, 0.15) is 164 Å². The molecular formula is C66H80N4O2. The molecule has 5 aliphatic rings. The minimum Gasteiger partial charge on any atom is -0.508 e. The lowest BCUT2D eigenvalue weighted by atomic mass is 9.68. The lowest BCUT2D eigenvalue weighted by Gasteiger charge is -2.41. The highest BCUT2D eigenvalue weighted by molar-refractivity contribution is 5.68. The van der Waals surface area contributed by atoms with Crippen LogP contribution in [0.25, 0.3) is 0 Å². The molecule has 0 radical (unpaired) electrons. The molecule has 3 saturated heterocycles. The Balaban J connectivity index is 0.780. The molecule has 3 heterocycles. The summed E-state index contributed by atoms with van der Waals surface area (Å²) < 4.78 is 0. The second-order valence-corrected chi connectivity index (χ2v) is 22.5. The fourth-order valence-electron chi connectivity index (χ4n) is 14.5. The number of anilines is 3. The number of fused-ring (bicyclic) bond motifs is 2. The van der Waals surface area contributed by atoms with Crippen LogP contribution in [0.5, 0.6) is 11.5 Å². The highest BCUT2D eigenvalue weighted by Gasteiger charge is 2.38. The Kier molecular flexibility index (Phi) is 15.2. The van der Waals surface area contributed by atoms with E-state index in [1.807, 2.05) is 18.2 Å². The molecule has 0 unspecified atom stereocenters. The highest BCUT2D eigenvalue weighted by atomic mass is 16.3. The van der Waals surface area contributed by atoms with E-state index in [-0.39, 0.29) is 11.8 Å². The number of nitrogens with one attached hydrogen (secondary N) is 1. The number of nitrogens with zero attached hydrogens (tertiary/aromatic N) is 3. The fourth-order valence-corrected chi connectivity index (χ4v) is 14.5. The number of phenols is 2. The zero-order chi connectivity index (χ0) is 48.7. The van der Waals surface area contributed by atoms with Crippen LogP contribution in [-0.4, -0.2) is 62.6 Å². The molecule has 6 heteroatoms. The largest absolute Gasteiger partial charge is 0.508 e. The lowest BCUT2D eigenvalue weighted by molar-refractivity contribution is 0.193. The Hall–Kier alpha value is -5.72. The molecule has 6 nitrogen and oxygen atoms in total. The quantitative estimate of drug-likeness (QED) is 0.148. The van der Waals surface area contributed by atoms with Crippen LogP contribution in [0.4, 0.5) is 17.1 Å². The van der Waals surface area contributed by atoms with E-state index >= 15 is 0 Å². The summed E-state index contributed by atoms with van der Waals surface area (Å²) in [7, 11) is 0.